The standard InChI is InChI=1S/C19H25N5O5/c1-3-23-17(26)18(27)24(19(23)28)13-21(2)12-16(25)20-14-4-6-15(7-5-14)22-8-10-29-11-9-22/h4-7H,3,8-13H2,1-2H3,(H,20,25). The Balaban J connectivity index is 1.50. The molecule has 5 amide bonds. The van der Waals surface area contributed by atoms with Crippen LogP contribution < -0.4 is 10.2 Å². The van der Waals surface area contributed by atoms with Crippen LogP contribution in [0.5, 0.6) is 0 Å². The molecule has 29 heavy (non-hydrogen) atoms. The summed E-state index contributed by atoms with van der Waals surface area (Å²) in [5.74, 6) is -2.00. The van der Waals surface area contributed by atoms with E-state index in [9.17, 15) is 19.2 Å². The van der Waals surface area contributed by atoms with Gasteiger partial charge in [-0.1, -0.05) is 0 Å². The van der Waals surface area contributed by atoms with Gasteiger partial charge in [0.1, 0.15) is 0 Å². The number of carbonyl (C=O) groups is 4. The van der Waals surface area contributed by atoms with E-state index in [0.29, 0.717) is 18.9 Å². The number of morpholine rings is 1. The molecule has 0 unspecified atom stereocenters. The maximum absolute atomic E-state index is 12.3. The van der Waals surface area contributed by atoms with E-state index >= 15 is 0 Å². The number of nitrogens with zero attached hydrogens (tertiary/aromatic N) is 4. The number of likely N-dealkylation sites (N-methyl/N-ethyl adjacent to an activating group) is 2. The second-order valence-electron chi connectivity index (χ2n) is 6.92. The fraction of sp³-hybridized carbons (Fsp3) is 0.474. The minimum Gasteiger partial charge on any atom is -0.378 e. The third-order valence-corrected chi connectivity index (χ3v) is 4.77. The lowest BCUT2D eigenvalue weighted by molar-refractivity contribution is -0.143. The summed E-state index contributed by atoms with van der Waals surface area (Å²) in [5.41, 5.74) is 1.72. The number of ether oxygens (including phenoxy) is 1. The molecular formula is C19H25N5O5. The highest BCUT2D eigenvalue weighted by atomic mass is 16.5. The Morgan fingerprint density at radius 1 is 1.07 bits per heavy atom. The van der Waals surface area contributed by atoms with Gasteiger partial charge in [0.15, 0.2) is 0 Å². The van der Waals surface area contributed by atoms with Crippen molar-refractivity contribution in [2.24, 2.45) is 0 Å². The van der Waals surface area contributed by atoms with Crippen LogP contribution in [0.15, 0.2) is 24.3 Å². The second-order valence-corrected chi connectivity index (χ2v) is 6.92. The van der Waals surface area contributed by atoms with Crippen LogP contribution in [0, 0.1) is 0 Å². The molecule has 3 rings (SSSR count). The molecule has 2 saturated heterocycles. The van der Waals surface area contributed by atoms with Crippen molar-refractivity contribution in [3.8, 4) is 0 Å². The van der Waals surface area contributed by atoms with Crippen LogP contribution in [-0.4, -0.2) is 91.6 Å². The van der Waals surface area contributed by atoms with E-state index < -0.39 is 17.8 Å². The van der Waals surface area contributed by atoms with Crippen LogP contribution in [-0.2, 0) is 19.1 Å². The minimum absolute atomic E-state index is 0.0391. The third-order valence-electron chi connectivity index (χ3n) is 4.77. The molecule has 2 fully saturated rings. The van der Waals surface area contributed by atoms with Crippen LogP contribution in [0.3, 0.4) is 0 Å². The number of benzene rings is 1. The van der Waals surface area contributed by atoms with Crippen LogP contribution in [0.2, 0.25) is 0 Å². The molecule has 156 valence electrons. The number of hydrogen-bond donors (Lipinski definition) is 1. The van der Waals surface area contributed by atoms with E-state index in [1.807, 2.05) is 24.3 Å². The number of hydrogen-bond acceptors (Lipinski definition) is 7. The fourth-order valence-electron chi connectivity index (χ4n) is 3.27. The molecule has 1 N–H and O–H groups in total. The van der Waals surface area contributed by atoms with E-state index in [0.717, 1.165) is 28.6 Å². The van der Waals surface area contributed by atoms with Gasteiger partial charge in [0.2, 0.25) is 5.91 Å². The van der Waals surface area contributed by atoms with Gasteiger partial charge in [-0.25, -0.2) is 9.69 Å². The van der Waals surface area contributed by atoms with Crippen molar-refractivity contribution in [3.63, 3.8) is 0 Å². The molecule has 0 aliphatic carbocycles. The van der Waals surface area contributed by atoms with Gasteiger partial charge in [0.05, 0.1) is 26.4 Å². The Labute approximate surface area is 169 Å². The van der Waals surface area contributed by atoms with E-state index in [4.69, 9.17) is 4.74 Å². The van der Waals surface area contributed by atoms with Crippen LogP contribution in [0.4, 0.5) is 16.2 Å². The van der Waals surface area contributed by atoms with Gasteiger partial charge in [-0.3, -0.25) is 24.2 Å². The normalized spacial score (nSPS) is 17.5. The zero-order chi connectivity index (χ0) is 21.0. The summed E-state index contributed by atoms with van der Waals surface area (Å²) in [4.78, 5) is 53.5. The van der Waals surface area contributed by atoms with Crippen molar-refractivity contribution < 1.29 is 23.9 Å². The Hall–Kier alpha value is -2.98. The lowest BCUT2D eigenvalue weighted by Gasteiger charge is -2.29. The van der Waals surface area contributed by atoms with E-state index in [2.05, 4.69) is 10.2 Å². The van der Waals surface area contributed by atoms with Crippen molar-refractivity contribution in [3.05, 3.63) is 24.3 Å². The summed E-state index contributed by atoms with van der Waals surface area (Å²) in [5, 5.41) is 2.79. The smallest absolute Gasteiger partial charge is 0.335 e. The summed E-state index contributed by atoms with van der Waals surface area (Å²) in [6, 6.07) is 6.88. The average molecular weight is 403 g/mol. The molecule has 0 aromatic heterocycles. The first kappa shape index (κ1) is 20.7. The fourth-order valence-corrected chi connectivity index (χ4v) is 3.27. The van der Waals surface area contributed by atoms with Crippen molar-refractivity contribution in [1.82, 2.24) is 14.7 Å². The molecule has 2 heterocycles. The maximum atomic E-state index is 12.3. The summed E-state index contributed by atoms with van der Waals surface area (Å²) in [6.07, 6.45) is 0. The lowest BCUT2D eigenvalue weighted by atomic mass is 10.2. The van der Waals surface area contributed by atoms with Gasteiger partial charge in [0.25, 0.3) is 0 Å². The van der Waals surface area contributed by atoms with Gasteiger partial charge in [-0.15, -0.1) is 0 Å². The molecule has 1 aromatic rings. The molecule has 0 saturated carbocycles. The first-order valence-electron chi connectivity index (χ1n) is 9.49. The minimum atomic E-state index is -0.872. The molecular weight excluding hydrogens is 378 g/mol. The Morgan fingerprint density at radius 2 is 1.69 bits per heavy atom. The zero-order valence-electron chi connectivity index (χ0n) is 16.6. The molecule has 2 aliphatic rings. The number of amides is 5. The zero-order valence-corrected chi connectivity index (χ0v) is 16.6. The van der Waals surface area contributed by atoms with Crippen LogP contribution >= 0.6 is 0 Å². The summed E-state index contributed by atoms with van der Waals surface area (Å²) in [6.45, 7) is 4.65. The predicted octanol–water partition coefficient (Wildman–Crippen LogP) is 0.162. The molecule has 1 aromatic carbocycles. The largest absolute Gasteiger partial charge is 0.378 e. The van der Waals surface area contributed by atoms with Gasteiger partial charge in [-0.2, -0.15) is 0 Å². The Morgan fingerprint density at radius 3 is 2.28 bits per heavy atom. The summed E-state index contributed by atoms with van der Waals surface area (Å²) in [7, 11) is 1.60. The number of imide groups is 2. The van der Waals surface area contributed by atoms with Gasteiger partial charge in [0, 0.05) is 31.0 Å². The van der Waals surface area contributed by atoms with Crippen molar-refractivity contribution in [1.29, 1.82) is 0 Å². The number of nitrogens with one attached hydrogen (secondary N) is 1. The maximum Gasteiger partial charge on any atom is 0.335 e. The number of anilines is 2. The van der Waals surface area contributed by atoms with Gasteiger partial charge in [-0.05, 0) is 38.2 Å². The first-order chi connectivity index (χ1) is 13.9. The summed E-state index contributed by atoms with van der Waals surface area (Å²) >= 11 is 0. The average Bonchev–Trinajstić information content (AvgIpc) is 2.92. The highest BCUT2D eigenvalue weighted by molar-refractivity contribution is 6.44. The number of carbonyl (C=O) groups excluding carboxylic acids is 4. The highest BCUT2D eigenvalue weighted by Gasteiger charge is 2.43. The predicted molar refractivity (Wildman–Crippen MR) is 105 cm³/mol. The molecule has 0 radical (unpaired) electrons. The molecule has 10 heteroatoms. The molecule has 10 nitrogen and oxygen atoms in total. The van der Waals surface area contributed by atoms with Crippen LogP contribution in [0.1, 0.15) is 6.92 Å². The molecule has 0 atom stereocenters. The Bertz CT molecular complexity index is 791. The van der Waals surface area contributed by atoms with Crippen molar-refractivity contribution in [2.45, 2.75) is 6.92 Å². The van der Waals surface area contributed by atoms with Crippen molar-refractivity contribution in [2.75, 3.05) is 63.3 Å². The van der Waals surface area contributed by atoms with E-state index in [1.54, 1.807) is 14.0 Å². The van der Waals surface area contributed by atoms with Gasteiger partial charge < -0.3 is 15.0 Å². The van der Waals surface area contributed by atoms with Crippen molar-refractivity contribution >= 4 is 35.1 Å². The topological polar surface area (TPSA) is 102 Å². The van der Waals surface area contributed by atoms with E-state index in [1.165, 1.54) is 4.90 Å². The van der Waals surface area contributed by atoms with E-state index in [-0.39, 0.29) is 25.7 Å². The number of rotatable bonds is 7. The lowest BCUT2D eigenvalue weighted by Crippen LogP contribution is -2.43. The molecule has 2 aliphatic heterocycles. The second kappa shape index (κ2) is 9.01. The Kier molecular flexibility index (Phi) is 6.45. The third kappa shape index (κ3) is 4.72. The summed E-state index contributed by atoms with van der Waals surface area (Å²) < 4.78 is 5.34. The highest BCUT2D eigenvalue weighted by Crippen LogP contribution is 2.19. The van der Waals surface area contributed by atoms with Gasteiger partial charge >= 0.3 is 17.8 Å². The monoisotopic (exact) mass is 403 g/mol. The van der Waals surface area contributed by atoms with Crippen LogP contribution in [0.25, 0.3) is 0 Å². The first-order valence-corrected chi connectivity index (χ1v) is 9.49. The molecule has 0 spiro atoms. The SMILES string of the molecule is CCN1C(=O)C(=O)N(CN(C)CC(=O)Nc2ccc(N3CCOCC3)cc2)C1=O. The molecule has 0 bridgehead atoms. The number of urea groups is 1. The quantitative estimate of drug-likeness (QED) is 0.511.